The molecule has 0 spiro atoms. The van der Waals surface area contributed by atoms with E-state index in [-0.39, 0.29) is 11.7 Å². The molecule has 7 heteroatoms. The molecule has 2 aromatic heterocycles. The summed E-state index contributed by atoms with van der Waals surface area (Å²) < 4.78 is 5.59. The molecule has 0 aliphatic rings. The molecule has 6 nitrogen and oxygen atoms in total. The van der Waals surface area contributed by atoms with Gasteiger partial charge in [-0.25, -0.2) is 15.0 Å². The van der Waals surface area contributed by atoms with E-state index >= 15 is 0 Å². The lowest BCUT2D eigenvalue weighted by Crippen LogP contribution is -2.00. The van der Waals surface area contributed by atoms with Gasteiger partial charge in [0.2, 0.25) is 5.95 Å². The molecule has 0 bridgehead atoms. The number of nitrogen functional groups attached to an aromatic ring is 1. The van der Waals surface area contributed by atoms with Crippen molar-refractivity contribution in [2.75, 3.05) is 12.3 Å². The van der Waals surface area contributed by atoms with Crippen molar-refractivity contribution in [2.45, 2.75) is 27.2 Å². The highest BCUT2D eigenvalue weighted by Gasteiger charge is 2.15. The zero-order chi connectivity index (χ0) is 18.0. The molecule has 0 fully saturated rings. The zero-order valence-corrected chi connectivity index (χ0v) is 15.2. The quantitative estimate of drug-likeness (QED) is 0.721. The van der Waals surface area contributed by atoms with E-state index in [1.807, 2.05) is 32.2 Å². The summed E-state index contributed by atoms with van der Waals surface area (Å²) in [5.41, 5.74) is 9.62. The van der Waals surface area contributed by atoms with E-state index in [1.54, 1.807) is 12.1 Å². The fraction of sp³-hybridized carbons (Fsp3) is 0.278. The third-order valence-corrected chi connectivity index (χ3v) is 4.70. The number of hydrogen-bond donors (Lipinski definition) is 2. The van der Waals surface area contributed by atoms with E-state index in [0.717, 1.165) is 22.7 Å². The first-order valence-electron chi connectivity index (χ1n) is 8.08. The number of ether oxygens (including phenoxy) is 1. The summed E-state index contributed by atoms with van der Waals surface area (Å²) in [5, 5.41) is 13.2. The van der Waals surface area contributed by atoms with Gasteiger partial charge in [0, 0.05) is 22.7 Å². The molecule has 1 aromatic carbocycles. The number of aromatic nitrogens is 3. The average Bonchev–Trinajstić information content (AvgIpc) is 3.01. The van der Waals surface area contributed by atoms with Crippen LogP contribution in [0, 0.1) is 6.92 Å². The van der Waals surface area contributed by atoms with E-state index in [4.69, 9.17) is 10.5 Å². The van der Waals surface area contributed by atoms with Crippen LogP contribution in [0.3, 0.4) is 0 Å². The number of phenolic OH excluding ortho intramolecular Hbond substituents is 1. The number of hydrogen-bond acceptors (Lipinski definition) is 7. The second-order valence-electron chi connectivity index (χ2n) is 5.55. The number of benzene rings is 1. The minimum absolute atomic E-state index is 0.0972. The van der Waals surface area contributed by atoms with Crippen molar-refractivity contribution in [3.05, 3.63) is 34.8 Å². The Morgan fingerprint density at radius 1 is 1.12 bits per heavy atom. The lowest BCUT2D eigenvalue weighted by atomic mass is 10.0. The minimum Gasteiger partial charge on any atom is -0.507 e. The van der Waals surface area contributed by atoms with Gasteiger partial charge < -0.3 is 15.6 Å². The Morgan fingerprint density at radius 3 is 2.52 bits per heavy atom. The number of nitrogens with two attached hydrogens (primary N) is 1. The van der Waals surface area contributed by atoms with Gasteiger partial charge in [0.1, 0.15) is 22.2 Å². The van der Waals surface area contributed by atoms with Crippen molar-refractivity contribution in [2.24, 2.45) is 0 Å². The van der Waals surface area contributed by atoms with Crippen LogP contribution in [0.15, 0.2) is 23.6 Å². The third kappa shape index (κ3) is 3.56. The van der Waals surface area contributed by atoms with E-state index in [1.165, 1.54) is 11.3 Å². The lowest BCUT2D eigenvalue weighted by Gasteiger charge is -2.13. The molecule has 2 heterocycles. The highest BCUT2D eigenvalue weighted by atomic mass is 32.1. The van der Waals surface area contributed by atoms with Crippen molar-refractivity contribution in [1.29, 1.82) is 0 Å². The fourth-order valence-corrected chi connectivity index (χ4v) is 3.33. The van der Waals surface area contributed by atoms with Gasteiger partial charge in [0.15, 0.2) is 0 Å². The number of rotatable bonds is 5. The highest BCUT2D eigenvalue weighted by molar-refractivity contribution is 7.13. The van der Waals surface area contributed by atoms with Gasteiger partial charge in [0.05, 0.1) is 12.3 Å². The smallest absolute Gasteiger partial charge is 0.221 e. The maximum atomic E-state index is 10.5. The number of thiazole rings is 1. The molecule has 3 N–H and O–H groups in total. The average molecular weight is 356 g/mol. The van der Waals surface area contributed by atoms with E-state index in [0.29, 0.717) is 29.3 Å². The molecule has 0 saturated carbocycles. The molecule has 0 saturated heterocycles. The topological polar surface area (TPSA) is 94.2 Å². The van der Waals surface area contributed by atoms with Gasteiger partial charge in [-0.1, -0.05) is 6.92 Å². The summed E-state index contributed by atoms with van der Waals surface area (Å²) in [6.45, 7) is 6.42. The summed E-state index contributed by atoms with van der Waals surface area (Å²) in [5.74, 6) is 0.927. The van der Waals surface area contributed by atoms with Crippen molar-refractivity contribution < 1.29 is 9.84 Å². The van der Waals surface area contributed by atoms with Crippen LogP contribution in [0.25, 0.3) is 22.0 Å². The molecular weight excluding hydrogens is 336 g/mol. The van der Waals surface area contributed by atoms with Crippen LogP contribution >= 0.6 is 11.3 Å². The van der Waals surface area contributed by atoms with Crippen LogP contribution in [-0.4, -0.2) is 26.7 Å². The fourth-order valence-electron chi connectivity index (χ4n) is 2.57. The normalized spacial score (nSPS) is 10.8. The number of phenols is 1. The summed E-state index contributed by atoms with van der Waals surface area (Å²) in [7, 11) is 0. The van der Waals surface area contributed by atoms with Crippen molar-refractivity contribution in [3.63, 3.8) is 0 Å². The first kappa shape index (κ1) is 17.2. The Balaban J connectivity index is 2.11. The van der Waals surface area contributed by atoms with Gasteiger partial charge in [0.25, 0.3) is 0 Å². The first-order valence-corrected chi connectivity index (χ1v) is 8.95. The predicted octanol–water partition coefficient (Wildman–Crippen LogP) is 3.82. The molecule has 0 amide bonds. The van der Waals surface area contributed by atoms with Crippen molar-refractivity contribution >= 4 is 17.3 Å². The maximum Gasteiger partial charge on any atom is 0.221 e. The summed E-state index contributed by atoms with van der Waals surface area (Å²) in [4.78, 5) is 13.0. The Bertz CT molecular complexity index is 908. The molecule has 0 aliphatic heterocycles. The molecular formula is C18H20N4O2S. The Morgan fingerprint density at radius 2 is 1.88 bits per heavy atom. The summed E-state index contributed by atoms with van der Waals surface area (Å²) in [6.07, 6.45) is 0.779. The summed E-state index contributed by atoms with van der Waals surface area (Å²) >= 11 is 1.50. The molecule has 0 aliphatic carbocycles. The van der Waals surface area contributed by atoms with E-state index in [9.17, 15) is 5.11 Å². The van der Waals surface area contributed by atoms with Crippen molar-refractivity contribution in [1.82, 2.24) is 15.0 Å². The monoisotopic (exact) mass is 356 g/mol. The van der Waals surface area contributed by atoms with Crippen LogP contribution in [-0.2, 0) is 6.42 Å². The largest absolute Gasteiger partial charge is 0.507 e. The van der Waals surface area contributed by atoms with Gasteiger partial charge in [-0.05, 0) is 38.0 Å². The lowest BCUT2D eigenvalue weighted by molar-refractivity contribution is 0.334. The third-order valence-electron chi connectivity index (χ3n) is 3.72. The van der Waals surface area contributed by atoms with Gasteiger partial charge in [-0.3, -0.25) is 0 Å². The second kappa shape index (κ2) is 7.06. The van der Waals surface area contributed by atoms with Gasteiger partial charge >= 0.3 is 0 Å². The molecule has 0 unspecified atom stereocenters. The van der Waals surface area contributed by atoms with E-state index < -0.39 is 0 Å². The molecule has 0 radical (unpaired) electrons. The molecule has 3 aromatic rings. The SMILES string of the molecule is CCOc1cc(O)c(-c2cc(-c3nc(C)cs3)nc(N)n2)cc1CC. The standard InChI is InChI=1S/C18H20N4O2S/c1-4-11-6-12(15(23)8-16(11)24-5-2)13-7-14(22-18(19)21-13)17-20-10(3)9-25-17/h6-9,23H,4-5H2,1-3H3,(H2,19,21,22). The maximum absolute atomic E-state index is 10.5. The second-order valence-corrected chi connectivity index (χ2v) is 6.41. The highest BCUT2D eigenvalue weighted by Crippen LogP contribution is 2.36. The number of aryl methyl sites for hydroxylation is 2. The van der Waals surface area contributed by atoms with Gasteiger partial charge in [-0.15, -0.1) is 11.3 Å². The van der Waals surface area contributed by atoms with Crippen LogP contribution < -0.4 is 10.5 Å². The predicted molar refractivity (Wildman–Crippen MR) is 99.9 cm³/mol. The molecule has 0 atom stereocenters. The summed E-state index contributed by atoms with van der Waals surface area (Å²) in [6, 6.07) is 5.31. The zero-order valence-electron chi connectivity index (χ0n) is 14.4. The Kier molecular flexibility index (Phi) is 4.85. The van der Waals surface area contributed by atoms with E-state index in [2.05, 4.69) is 15.0 Å². The van der Waals surface area contributed by atoms with Crippen molar-refractivity contribution in [3.8, 4) is 33.5 Å². The molecule has 25 heavy (non-hydrogen) atoms. The Hall–Kier alpha value is -2.67. The minimum atomic E-state index is 0.0972. The first-order chi connectivity index (χ1) is 12.0. The number of anilines is 1. The van der Waals surface area contributed by atoms with Crippen LogP contribution in [0.5, 0.6) is 11.5 Å². The van der Waals surface area contributed by atoms with Crippen LogP contribution in [0.2, 0.25) is 0 Å². The Labute approximate surface area is 150 Å². The molecule has 130 valence electrons. The number of aromatic hydroxyl groups is 1. The molecule has 3 rings (SSSR count). The number of nitrogens with zero attached hydrogens (tertiary/aromatic N) is 3. The van der Waals surface area contributed by atoms with Gasteiger partial charge in [-0.2, -0.15) is 0 Å². The van der Waals surface area contributed by atoms with Crippen LogP contribution in [0.4, 0.5) is 5.95 Å². The van der Waals surface area contributed by atoms with Crippen LogP contribution in [0.1, 0.15) is 25.1 Å².